The Kier molecular flexibility index (Phi) is 4.96. The van der Waals surface area contributed by atoms with Crippen LogP contribution in [0.25, 0.3) is 0 Å². The maximum absolute atomic E-state index is 11.3. The summed E-state index contributed by atoms with van der Waals surface area (Å²) in [5, 5.41) is 5.05. The minimum absolute atomic E-state index is 0.480. The second-order valence-corrected chi connectivity index (χ2v) is 7.38. The van der Waals surface area contributed by atoms with Crippen molar-refractivity contribution in [1.29, 1.82) is 0 Å². The van der Waals surface area contributed by atoms with Crippen LogP contribution in [0.3, 0.4) is 0 Å². The van der Waals surface area contributed by atoms with Crippen LogP contribution in [-0.4, -0.2) is 15.4 Å². The van der Waals surface area contributed by atoms with Gasteiger partial charge in [0.05, 0.1) is 11.6 Å². The molecule has 0 aliphatic rings. The van der Waals surface area contributed by atoms with Gasteiger partial charge < -0.3 is 5.32 Å². The fraction of sp³-hybridized carbons (Fsp3) is 0.308. The van der Waals surface area contributed by atoms with Gasteiger partial charge in [0.1, 0.15) is 0 Å². The molecule has 1 heterocycles. The van der Waals surface area contributed by atoms with Crippen molar-refractivity contribution in [3.05, 3.63) is 44.9 Å². The summed E-state index contributed by atoms with van der Waals surface area (Å²) < 4.78 is 11.3. The fourth-order valence-corrected chi connectivity index (χ4v) is 3.37. The summed E-state index contributed by atoms with van der Waals surface area (Å²) in [6.07, 6.45) is 3.56. The quantitative estimate of drug-likeness (QED) is 0.917. The van der Waals surface area contributed by atoms with E-state index in [4.69, 9.17) is 11.6 Å². The predicted octanol–water partition coefficient (Wildman–Crippen LogP) is 3.60. The summed E-state index contributed by atoms with van der Waals surface area (Å²) in [6.45, 7) is 2.73. The number of halogens is 1. The van der Waals surface area contributed by atoms with Gasteiger partial charge >= 0.3 is 0 Å². The van der Waals surface area contributed by atoms with Crippen LogP contribution < -0.4 is 5.32 Å². The Morgan fingerprint density at radius 3 is 2.89 bits per heavy atom. The third-order valence-corrected chi connectivity index (χ3v) is 4.54. The van der Waals surface area contributed by atoms with Gasteiger partial charge in [-0.15, -0.1) is 11.3 Å². The average Bonchev–Trinajstić information content (AvgIpc) is 2.75. The Bertz CT molecular complexity index is 598. The molecule has 0 saturated carbocycles. The van der Waals surface area contributed by atoms with Gasteiger partial charge in [-0.05, 0) is 30.7 Å². The molecular formula is C13H15ClN2OS2. The van der Waals surface area contributed by atoms with Gasteiger partial charge in [0, 0.05) is 44.6 Å². The summed E-state index contributed by atoms with van der Waals surface area (Å²) in [7, 11) is -0.892. The van der Waals surface area contributed by atoms with Gasteiger partial charge in [0.15, 0.2) is 0 Å². The molecule has 6 heteroatoms. The molecule has 0 amide bonds. The van der Waals surface area contributed by atoms with Crippen LogP contribution in [0.5, 0.6) is 0 Å². The third-order valence-electron chi connectivity index (χ3n) is 2.54. The van der Waals surface area contributed by atoms with E-state index in [1.165, 1.54) is 4.88 Å². The SMILES string of the molecule is Cc1ncc(CNc2ccc(Cl)c(C[S@](C)=O)c2)s1. The lowest BCUT2D eigenvalue weighted by Gasteiger charge is -2.08. The Labute approximate surface area is 124 Å². The molecule has 0 fully saturated rings. The topological polar surface area (TPSA) is 42.0 Å². The van der Waals surface area contributed by atoms with Gasteiger partial charge in [-0.3, -0.25) is 4.21 Å². The molecule has 1 aromatic heterocycles. The molecule has 0 bridgehead atoms. The normalized spacial score (nSPS) is 12.4. The lowest BCUT2D eigenvalue weighted by atomic mass is 10.2. The highest BCUT2D eigenvalue weighted by Crippen LogP contribution is 2.22. The average molecular weight is 315 g/mol. The molecule has 0 radical (unpaired) electrons. The molecule has 0 aliphatic carbocycles. The molecule has 0 unspecified atom stereocenters. The number of anilines is 1. The molecular weight excluding hydrogens is 300 g/mol. The van der Waals surface area contributed by atoms with Gasteiger partial charge in [0.2, 0.25) is 0 Å². The van der Waals surface area contributed by atoms with Crippen LogP contribution in [0.4, 0.5) is 5.69 Å². The van der Waals surface area contributed by atoms with Gasteiger partial charge in [-0.25, -0.2) is 4.98 Å². The standard InChI is InChI=1S/C13H15ClN2OS2/c1-9-15-6-12(18-9)7-16-11-3-4-13(14)10(5-11)8-19(2)17/h3-6,16H,7-8H2,1-2H3/t19-/m0/s1. The van der Waals surface area contributed by atoms with Crippen molar-refractivity contribution in [2.45, 2.75) is 19.2 Å². The Morgan fingerprint density at radius 1 is 1.47 bits per heavy atom. The molecule has 19 heavy (non-hydrogen) atoms. The van der Waals surface area contributed by atoms with Crippen LogP contribution in [-0.2, 0) is 23.1 Å². The van der Waals surface area contributed by atoms with E-state index in [2.05, 4.69) is 10.3 Å². The van der Waals surface area contributed by atoms with E-state index >= 15 is 0 Å². The Hall–Kier alpha value is -0.910. The summed E-state index contributed by atoms with van der Waals surface area (Å²) >= 11 is 7.77. The summed E-state index contributed by atoms with van der Waals surface area (Å²) in [5.41, 5.74) is 1.89. The maximum atomic E-state index is 11.3. The van der Waals surface area contributed by atoms with Gasteiger partial charge in [-0.2, -0.15) is 0 Å². The van der Waals surface area contributed by atoms with Gasteiger partial charge in [-0.1, -0.05) is 11.6 Å². The molecule has 3 nitrogen and oxygen atoms in total. The Balaban J connectivity index is 2.06. The highest BCUT2D eigenvalue weighted by Gasteiger charge is 2.05. The van der Waals surface area contributed by atoms with E-state index in [0.717, 1.165) is 22.8 Å². The zero-order valence-electron chi connectivity index (χ0n) is 10.8. The maximum Gasteiger partial charge on any atom is 0.0897 e. The van der Waals surface area contributed by atoms with E-state index in [1.807, 2.05) is 31.3 Å². The predicted molar refractivity (Wildman–Crippen MR) is 83.4 cm³/mol. The molecule has 2 aromatic rings. The van der Waals surface area contributed by atoms with E-state index in [-0.39, 0.29) is 0 Å². The molecule has 0 saturated heterocycles. The van der Waals surface area contributed by atoms with E-state index in [1.54, 1.807) is 17.6 Å². The summed E-state index contributed by atoms with van der Waals surface area (Å²) in [6, 6.07) is 5.72. The number of nitrogens with zero attached hydrogens (tertiary/aromatic N) is 1. The minimum atomic E-state index is -0.892. The van der Waals surface area contributed by atoms with Crippen LogP contribution in [0.2, 0.25) is 5.02 Å². The molecule has 1 aromatic carbocycles. The number of aromatic nitrogens is 1. The van der Waals surface area contributed by atoms with Crippen LogP contribution in [0.15, 0.2) is 24.4 Å². The fourth-order valence-electron chi connectivity index (χ4n) is 1.69. The first-order chi connectivity index (χ1) is 9.04. The number of thiazole rings is 1. The molecule has 2 rings (SSSR count). The zero-order chi connectivity index (χ0) is 13.8. The lowest BCUT2D eigenvalue weighted by molar-refractivity contribution is 0.686. The van der Waals surface area contributed by atoms with E-state index < -0.39 is 10.8 Å². The van der Waals surface area contributed by atoms with E-state index in [0.29, 0.717) is 10.8 Å². The van der Waals surface area contributed by atoms with Crippen molar-refractivity contribution in [2.75, 3.05) is 11.6 Å². The van der Waals surface area contributed by atoms with Crippen LogP contribution >= 0.6 is 22.9 Å². The second-order valence-electron chi connectivity index (χ2n) is 4.22. The zero-order valence-corrected chi connectivity index (χ0v) is 13.2. The number of hydrogen-bond acceptors (Lipinski definition) is 4. The largest absolute Gasteiger partial charge is 0.380 e. The molecule has 1 atom stereocenters. The van der Waals surface area contributed by atoms with Crippen molar-refractivity contribution >= 4 is 39.4 Å². The monoisotopic (exact) mass is 314 g/mol. The molecule has 102 valence electrons. The highest BCUT2D eigenvalue weighted by atomic mass is 35.5. The van der Waals surface area contributed by atoms with Crippen LogP contribution in [0.1, 0.15) is 15.4 Å². The highest BCUT2D eigenvalue weighted by molar-refractivity contribution is 7.83. The van der Waals surface area contributed by atoms with Crippen molar-refractivity contribution in [1.82, 2.24) is 4.98 Å². The third kappa shape index (κ3) is 4.30. The van der Waals surface area contributed by atoms with Crippen molar-refractivity contribution < 1.29 is 4.21 Å². The first kappa shape index (κ1) is 14.5. The van der Waals surface area contributed by atoms with Crippen LogP contribution in [0, 0.1) is 6.92 Å². The summed E-state index contributed by atoms with van der Waals surface area (Å²) in [5.74, 6) is 0.480. The number of rotatable bonds is 5. The first-order valence-electron chi connectivity index (χ1n) is 5.78. The Morgan fingerprint density at radius 2 is 2.26 bits per heavy atom. The van der Waals surface area contributed by atoms with Gasteiger partial charge in [0.25, 0.3) is 0 Å². The number of nitrogens with one attached hydrogen (secondary N) is 1. The van der Waals surface area contributed by atoms with Crippen molar-refractivity contribution in [3.63, 3.8) is 0 Å². The lowest BCUT2D eigenvalue weighted by Crippen LogP contribution is -2.00. The first-order valence-corrected chi connectivity index (χ1v) is 8.70. The van der Waals surface area contributed by atoms with Crippen molar-refractivity contribution in [3.8, 4) is 0 Å². The molecule has 1 N–H and O–H groups in total. The number of hydrogen-bond donors (Lipinski definition) is 1. The smallest absolute Gasteiger partial charge is 0.0897 e. The second kappa shape index (κ2) is 6.50. The minimum Gasteiger partial charge on any atom is -0.380 e. The molecule has 0 spiro atoms. The summed E-state index contributed by atoms with van der Waals surface area (Å²) in [4.78, 5) is 5.41. The number of aryl methyl sites for hydroxylation is 1. The number of benzene rings is 1. The molecule has 0 aliphatic heterocycles. The van der Waals surface area contributed by atoms with Crippen molar-refractivity contribution in [2.24, 2.45) is 0 Å². The van der Waals surface area contributed by atoms with E-state index in [9.17, 15) is 4.21 Å².